The lowest BCUT2D eigenvalue weighted by Gasteiger charge is -2.34. The number of hydrogen-bond donors (Lipinski definition) is 0. The minimum Gasteiger partial charge on any atom is -0.414 e. The average molecular weight is 265 g/mol. The van der Waals surface area contributed by atoms with Crippen molar-refractivity contribution in [3.05, 3.63) is 12.2 Å². The molecule has 0 saturated heterocycles. The summed E-state index contributed by atoms with van der Waals surface area (Å²) in [5.74, 6) is 0.455. The molecule has 0 N–H and O–H groups in total. The summed E-state index contributed by atoms with van der Waals surface area (Å²) in [7, 11) is -1.60. The minimum atomic E-state index is -1.60. The van der Waals surface area contributed by atoms with Gasteiger partial charge < -0.3 is 4.43 Å². The van der Waals surface area contributed by atoms with E-state index in [4.69, 9.17) is 9.69 Å². The van der Waals surface area contributed by atoms with Gasteiger partial charge in [-0.2, -0.15) is 5.26 Å². The molecule has 0 aliphatic heterocycles. The van der Waals surface area contributed by atoms with Gasteiger partial charge >= 0.3 is 0 Å². The molecule has 3 heteroatoms. The minimum absolute atomic E-state index is 0.340. The monoisotopic (exact) mass is 265 g/mol. The smallest absolute Gasteiger partial charge is 0.187 e. The third-order valence-corrected chi connectivity index (χ3v) is 6.20. The predicted octanol–water partition coefficient (Wildman–Crippen LogP) is 4.50. The fraction of sp³-hybridized carbons (Fsp3) is 0.800. The standard InChI is InChI=1S/C15H27NOSi/c1-15(2,3)12-18(4,5)17-14-10-6-8-13(14)9-7-11-16/h7,9,13-14H,6,8,10,12H2,1-5H3/b9-7+/t13-,14-/m0/s1. The molecule has 1 aliphatic rings. The Morgan fingerprint density at radius 3 is 2.56 bits per heavy atom. The number of nitriles is 1. The molecule has 1 rings (SSSR count). The molecule has 0 radical (unpaired) electrons. The molecule has 2 atom stereocenters. The van der Waals surface area contributed by atoms with Crippen LogP contribution in [-0.2, 0) is 4.43 Å². The van der Waals surface area contributed by atoms with E-state index in [2.05, 4.69) is 39.9 Å². The van der Waals surface area contributed by atoms with Crippen LogP contribution in [-0.4, -0.2) is 14.4 Å². The van der Waals surface area contributed by atoms with Crippen molar-refractivity contribution < 1.29 is 4.43 Å². The van der Waals surface area contributed by atoms with Gasteiger partial charge in [0.25, 0.3) is 0 Å². The van der Waals surface area contributed by atoms with Crippen molar-refractivity contribution >= 4 is 8.32 Å². The Morgan fingerprint density at radius 1 is 1.33 bits per heavy atom. The molecule has 0 spiro atoms. The molecular weight excluding hydrogens is 238 g/mol. The van der Waals surface area contributed by atoms with Crippen LogP contribution in [0, 0.1) is 22.7 Å². The van der Waals surface area contributed by atoms with E-state index < -0.39 is 8.32 Å². The van der Waals surface area contributed by atoms with Gasteiger partial charge in [-0.1, -0.05) is 33.3 Å². The molecule has 0 aromatic heterocycles. The second-order valence-electron chi connectivity index (χ2n) is 7.24. The largest absolute Gasteiger partial charge is 0.414 e. The molecule has 0 unspecified atom stereocenters. The van der Waals surface area contributed by atoms with Crippen LogP contribution in [0.1, 0.15) is 40.0 Å². The zero-order valence-corrected chi connectivity index (χ0v) is 13.5. The molecule has 2 nitrogen and oxygen atoms in total. The first-order valence-corrected chi connectivity index (χ1v) is 10.1. The lowest BCUT2D eigenvalue weighted by molar-refractivity contribution is 0.164. The van der Waals surface area contributed by atoms with Crippen LogP contribution in [0.5, 0.6) is 0 Å². The summed E-state index contributed by atoms with van der Waals surface area (Å²) in [4.78, 5) is 0. The molecule has 102 valence electrons. The van der Waals surface area contributed by atoms with Gasteiger partial charge in [0.05, 0.1) is 12.2 Å². The summed E-state index contributed by atoms with van der Waals surface area (Å²) in [5.41, 5.74) is 0.340. The quantitative estimate of drug-likeness (QED) is 0.554. The van der Waals surface area contributed by atoms with Crippen molar-refractivity contribution in [2.75, 3.05) is 0 Å². The maximum Gasteiger partial charge on any atom is 0.187 e. The molecule has 1 fully saturated rings. The molecule has 0 aromatic carbocycles. The lowest BCUT2D eigenvalue weighted by atomic mass is 10.0. The molecule has 0 bridgehead atoms. The van der Waals surface area contributed by atoms with E-state index in [0.717, 1.165) is 6.42 Å². The zero-order chi connectivity index (χ0) is 13.8. The van der Waals surface area contributed by atoms with Crippen molar-refractivity contribution in [3.63, 3.8) is 0 Å². The Bertz CT molecular complexity index is 335. The topological polar surface area (TPSA) is 33.0 Å². The number of hydrogen-bond acceptors (Lipinski definition) is 2. The summed E-state index contributed by atoms with van der Waals surface area (Å²) in [5, 5.41) is 8.63. The molecule has 18 heavy (non-hydrogen) atoms. The second kappa shape index (κ2) is 6.03. The third-order valence-electron chi connectivity index (χ3n) is 3.35. The van der Waals surface area contributed by atoms with Crippen LogP contribution in [0.4, 0.5) is 0 Å². The second-order valence-corrected chi connectivity index (χ2v) is 11.3. The first-order valence-electron chi connectivity index (χ1n) is 6.98. The first kappa shape index (κ1) is 15.5. The van der Waals surface area contributed by atoms with Gasteiger partial charge in [-0.05, 0) is 37.4 Å². The van der Waals surface area contributed by atoms with Crippen LogP contribution >= 0.6 is 0 Å². The van der Waals surface area contributed by atoms with E-state index in [1.165, 1.54) is 18.9 Å². The highest BCUT2D eigenvalue weighted by molar-refractivity contribution is 6.71. The van der Waals surface area contributed by atoms with Crippen LogP contribution in [0.2, 0.25) is 19.1 Å². The normalized spacial score (nSPS) is 25.6. The van der Waals surface area contributed by atoms with Gasteiger partial charge in [-0.15, -0.1) is 0 Å². The average Bonchev–Trinajstić information content (AvgIpc) is 2.57. The number of rotatable bonds is 4. The van der Waals surface area contributed by atoms with Gasteiger partial charge in [0.1, 0.15) is 0 Å². The van der Waals surface area contributed by atoms with Gasteiger partial charge in [-0.3, -0.25) is 0 Å². The Labute approximate surface area is 113 Å². The maximum absolute atomic E-state index is 8.63. The molecular formula is C15H27NOSi. The van der Waals surface area contributed by atoms with Gasteiger partial charge in [0.15, 0.2) is 8.32 Å². The Morgan fingerprint density at radius 2 is 2.00 bits per heavy atom. The zero-order valence-electron chi connectivity index (χ0n) is 12.5. The Balaban J connectivity index is 2.60. The van der Waals surface area contributed by atoms with E-state index in [1.54, 1.807) is 6.08 Å². The van der Waals surface area contributed by atoms with Gasteiger partial charge in [-0.25, -0.2) is 0 Å². The van der Waals surface area contributed by atoms with Crippen LogP contribution in [0.3, 0.4) is 0 Å². The molecule has 0 heterocycles. The Kier molecular flexibility index (Phi) is 5.18. The SMILES string of the molecule is CC(C)(C)C[Si](C)(C)O[C@H]1CCC[C@H]1/C=C/C#N. The van der Waals surface area contributed by atoms with Crippen molar-refractivity contribution in [1.29, 1.82) is 5.26 Å². The fourth-order valence-corrected chi connectivity index (χ4v) is 6.97. The summed E-state index contributed by atoms with van der Waals surface area (Å²) in [6.45, 7) is 11.5. The number of allylic oxidation sites excluding steroid dienone is 1. The molecule has 1 saturated carbocycles. The molecule has 1 aliphatic carbocycles. The molecule has 0 amide bonds. The highest BCUT2D eigenvalue weighted by Crippen LogP contribution is 2.35. The maximum atomic E-state index is 8.63. The predicted molar refractivity (Wildman–Crippen MR) is 78.7 cm³/mol. The van der Waals surface area contributed by atoms with Crippen molar-refractivity contribution in [3.8, 4) is 6.07 Å². The first-order chi connectivity index (χ1) is 8.23. The van der Waals surface area contributed by atoms with E-state index in [9.17, 15) is 0 Å². The fourth-order valence-electron chi connectivity index (χ4n) is 3.22. The summed E-state index contributed by atoms with van der Waals surface area (Å²) >= 11 is 0. The van der Waals surface area contributed by atoms with Crippen LogP contribution in [0.15, 0.2) is 12.2 Å². The summed E-state index contributed by atoms with van der Waals surface area (Å²) in [6, 6.07) is 3.28. The van der Waals surface area contributed by atoms with Crippen molar-refractivity contribution in [1.82, 2.24) is 0 Å². The van der Waals surface area contributed by atoms with Crippen molar-refractivity contribution in [2.24, 2.45) is 11.3 Å². The van der Waals surface area contributed by atoms with Crippen LogP contribution in [0.25, 0.3) is 0 Å². The number of nitrogens with zero attached hydrogens (tertiary/aromatic N) is 1. The van der Waals surface area contributed by atoms with Crippen LogP contribution < -0.4 is 0 Å². The Hall–Kier alpha value is -0.593. The van der Waals surface area contributed by atoms with Gasteiger partial charge in [0, 0.05) is 12.0 Å². The van der Waals surface area contributed by atoms with E-state index in [-0.39, 0.29) is 0 Å². The van der Waals surface area contributed by atoms with E-state index in [0.29, 0.717) is 17.4 Å². The summed E-state index contributed by atoms with van der Waals surface area (Å²) in [6.07, 6.45) is 7.55. The van der Waals surface area contributed by atoms with Crippen molar-refractivity contribution in [2.45, 2.75) is 65.3 Å². The third kappa shape index (κ3) is 5.37. The summed E-state index contributed by atoms with van der Waals surface area (Å²) < 4.78 is 6.46. The van der Waals surface area contributed by atoms with E-state index >= 15 is 0 Å². The van der Waals surface area contributed by atoms with E-state index in [1.807, 2.05) is 6.08 Å². The molecule has 0 aromatic rings. The highest BCUT2D eigenvalue weighted by Gasteiger charge is 2.35. The highest BCUT2D eigenvalue weighted by atomic mass is 28.4. The lowest BCUT2D eigenvalue weighted by Crippen LogP contribution is -2.39. The van der Waals surface area contributed by atoms with Gasteiger partial charge in [0.2, 0.25) is 0 Å².